The molecule has 1 unspecified atom stereocenters. The highest BCUT2D eigenvalue weighted by Gasteiger charge is 2.36. The van der Waals surface area contributed by atoms with E-state index in [2.05, 4.69) is 23.3 Å². The third-order valence-corrected chi connectivity index (χ3v) is 17.0. The number of ether oxygens (including phenoxy) is 7. The predicted molar refractivity (Wildman–Crippen MR) is 354 cm³/mol. The van der Waals surface area contributed by atoms with Crippen LogP contribution in [0.3, 0.4) is 0 Å². The zero-order valence-electron chi connectivity index (χ0n) is 56.6. The Balaban J connectivity index is 1.63. The molecule has 0 saturated heterocycles. The summed E-state index contributed by atoms with van der Waals surface area (Å²) in [5.74, 6) is -2.80. The van der Waals surface area contributed by atoms with Crippen LogP contribution in [0.1, 0.15) is 102 Å². The van der Waals surface area contributed by atoms with Crippen molar-refractivity contribution in [2.75, 3.05) is 167 Å². The lowest BCUT2D eigenvalue weighted by atomic mass is 9.94. The molecular weight excluding hydrogens is 1220 g/mol. The summed E-state index contributed by atoms with van der Waals surface area (Å²) < 4.78 is 37.9. The van der Waals surface area contributed by atoms with E-state index >= 15 is 9.59 Å². The van der Waals surface area contributed by atoms with Crippen LogP contribution >= 0.6 is 12.6 Å². The largest absolute Gasteiger partial charge is 0.493 e. The van der Waals surface area contributed by atoms with Crippen molar-refractivity contribution in [3.05, 3.63) is 47.5 Å². The molecule has 0 aliphatic heterocycles. The van der Waals surface area contributed by atoms with Crippen LogP contribution in [0.4, 0.5) is 0 Å². The summed E-state index contributed by atoms with van der Waals surface area (Å²) in [6.07, 6.45) is 9.23. The van der Waals surface area contributed by atoms with Crippen molar-refractivity contribution < 1.29 is 76.3 Å². The minimum Gasteiger partial charge on any atom is -0.493 e. The van der Waals surface area contributed by atoms with Gasteiger partial charge in [0.2, 0.25) is 53.2 Å². The summed E-state index contributed by atoms with van der Waals surface area (Å²) in [6.45, 7) is 2.47. The van der Waals surface area contributed by atoms with Crippen molar-refractivity contribution in [3.63, 3.8) is 0 Å². The molecule has 0 spiro atoms. The SMILES string of the molecule is COCCCN(CC(=O)N(CCc1ccc(OC)c(OC)c1)CC(=O)N(CC(=O)N(CC(=O)N(CCCOC)CC(=O)N(CC(=O)N(CCOC)CC(=O)NC(CS)C(N)=O)C1CCCCC1)CC(C)C)C1CCCCC1)C(=O)CNCCc1ccc(OC)c(OC)c1. The van der Waals surface area contributed by atoms with Crippen molar-refractivity contribution in [2.45, 2.75) is 122 Å². The Hall–Kier alpha value is -6.94. The molecule has 1 atom stereocenters. The molecule has 2 saturated carbocycles. The lowest BCUT2D eigenvalue weighted by Gasteiger charge is -2.38. The number of hydrogen-bond acceptors (Lipinski definition) is 18. The fraction of sp³-hybridized carbons (Fsp3) is 0.682. The first-order valence-electron chi connectivity index (χ1n) is 32.5. The maximum atomic E-state index is 15.2. The van der Waals surface area contributed by atoms with Gasteiger partial charge in [-0.05, 0) is 99.2 Å². The maximum Gasteiger partial charge on any atom is 0.242 e. The van der Waals surface area contributed by atoms with Gasteiger partial charge >= 0.3 is 0 Å². The number of methoxy groups -OCH3 is 7. The number of nitrogens with two attached hydrogens (primary N) is 1. The van der Waals surface area contributed by atoms with E-state index in [-0.39, 0.29) is 88.7 Å². The predicted octanol–water partition coefficient (Wildman–Crippen LogP) is 2.84. The van der Waals surface area contributed by atoms with Crippen LogP contribution in [-0.4, -0.2) is 273 Å². The molecule has 522 valence electrons. The zero-order valence-corrected chi connectivity index (χ0v) is 57.5. The van der Waals surface area contributed by atoms with E-state index < -0.39 is 92.6 Å². The number of benzene rings is 2. The van der Waals surface area contributed by atoms with Gasteiger partial charge in [0.25, 0.3) is 0 Å². The minimum absolute atomic E-state index is 0.0000614. The Morgan fingerprint density at radius 1 is 0.495 bits per heavy atom. The monoisotopic (exact) mass is 1330 g/mol. The van der Waals surface area contributed by atoms with Crippen LogP contribution in [0.15, 0.2) is 36.4 Å². The number of carbonyl (C=O) groups excluding carboxylic acids is 9. The van der Waals surface area contributed by atoms with Crippen LogP contribution < -0.4 is 35.3 Å². The fourth-order valence-electron chi connectivity index (χ4n) is 11.5. The quantitative estimate of drug-likeness (QED) is 0.0548. The van der Waals surface area contributed by atoms with Gasteiger partial charge in [-0.1, -0.05) is 64.5 Å². The van der Waals surface area contributed by atoms with Gasteiger partial charge in [0, 0.05) is 85.1 Å². The van der Waals surface area contributed by atoms with Crippen LogP contribution in [0, 0.1) is 5.92 Å². The average molecular weight is 1330 g/mol. The van der Waals surface area contributed by atoms with E-state index in [1.54, 1.807) is 38.4 Å². The van der Waals surface area contributed by atoms with Crippen molar-refractivity contribution in [1.82, 2.24) is 44.9 Å². The zero-order chi connectivity index (χ0) is 68.2. The molecule has 27 heteroatoms. The fourth-order valence-corrected chi connectivity index (χ4v) is 11.8. The van der Waals surface area contributed by atoms with Crippen molar-refractivity contribution >= 4 is 65.8 Å². The molecule has 2 aliphatic carbocycles. The lowest BCUT2D eigenvalue weighted by Crippen LogP contribution is -2.55. The summed E-state index contributed by atoms with van der Waals surface area (Å²) in [4.78, 5) is 138. The Morgan fingerprint density at radius 3 is 1.37 bits per heavy atom. The van der Waals surface area contributed by atoms with Crippen molar-refractivity contribution in [3.8, 4) is 23.0 Å². The second-order valence-corrected chi connectivity index (χ2v) is 24.4. The summed E-state index contributed by atoms with van der Waals surface area (Å²) in [5.41, 5.74) is 7.19. The third kappa shape index (κ3) is 27.1. The standard InChI is InChI=1S/C66H106N10O16S/c1-48(2)39-74(42-61(80)71(30-17-34-87-4)43-64(83)75(51-18-12-10-13-19-51)45-62(81)73(32-35-88-5)40-58(77)69-53(47-93)66(67)85)63(82)46-76(52-20-14-11-15-21-52)65(84)44-72(31-27-50-23-25-55(90-7)57(37-50)92-9)60(79)41-70(29-16-33-86-3)59(78)38-68-28-26-49-22-24-54(89-6)56(36-49)91-8/h22-25,36-37,48,51-53,68,93H,10-21,26-35,38-47H2,1-9H3,(H2,67,85)(H,69,77). The lowest BCUT2D eigenvalue weighted by molar-refractivity contribution is -0.150. The van der Waals surface area contributed by atoms with E-state index in [9.17, 15) is 33.6 Å². The first kappa shape index (κ1) is 78.5. The molecule has 0 heterocycles. The van der Waals surface area contributed by atoms with Crippen LogP contribution in [0.25, 0.3) is 0 Å². The van der Waals surface area contributed by atoms with E-state index in [4.69, 9.17) is 38.9 Å². The number of primary amides is 1. The number of amides is 9. The molecule has 2 aromatic rings. The van der Waals surface area contributed by atoms with Gasteiger partial charge in [0.05, 0.1) is 74.3 Å². The molecule has 93 heavy (non-hydrogen) atoms. The van der Waals surface area contributed by atoms with Gasteiger partial charge in [-0.3, -0.25) is 43.2 Å². The number of nitrogens with zero attached hydrogens (tertiary/aromatic N) is 7. The third-order valence-electron chi connectivity index (χ3n) is 16.7. The first-order chi connectivity index (χ1) is 44.7. The Kier molecular flexibility index (Phi) is 36.4. The van der Waals surface area contributed by atoms with E-state index in [0.29, 0.717) is 87.5 Å². The average Bonchev–Trinajstić information content (AvgIpc) is 1.02. The van der Waals surface area contributed by atoms with Crippen LogP contribution in [0.5, 0.6) is 23.0 Å². The number of hydrogen-bond donors (Lipinski definition) is 4. The molecule has 0 radical (unpaired) electrons. The highest BCUT2D eigenvalue weighted by Crippen LogP contribution is 2.30. The second kappa shape index (κ2) is 43.1. The number of thiol groups is 1. The van der Waals surface area contributed by atoms with E-state index in [1.807, 2.05) is 38.1 Å². The molecule has 9 amide bonds. The highest BCUT2D eigenvalue weighted by atomic mass is 32.1. The summed E-state index contributed by atoms with van der Waals surface area (Å²) in [7, 11) is 10.7. The molecule has 0 bridgehead atoms. The van der Waals surface area contributed by atoms with Crippen molar-refractivity contribution in [1.29, 1.82) is 0 Å². The van der Waals surface area contributed by atoms with Gasteiger partial charge in [-0.2, -0.15) is 12.6 Å². The molecular formula is C66H106N10O16S. The molecule has 4 rings (SSSR count). The maximum absolute atomic E-state index is 15.2. The first-order valence-corrected chi connectivity index (χ1v) is 33.1. The van der Waals surface area contributed by atoms with Gasteiger partial charge in [-0.15, -0.1) is 0 Å². The second-order valence-electron chi connectivity index (χ2n) is 24.0. The van der Waals surface area contributed by atoms with E-state index in [1.165, 1.54) is 57.8 Å². The smallest absolute Gasteiger partial charge is 0.242 e. The number of rotatable bonds is 44. The summed E-state index contributed by atoms with van der Waals surface area (Å²) in [5, 5.41) is 5.73. The molecule has 4 N–H and O–H groups in total. The Labute approximate surface area is 555 Å². The highest BCUT2D eigenvalue weighted by molar-refractivity contribution is 7.80. The van der Waals surface area contributed by atoms with Crippen molar-refractivity contribution in [2.24, 2.45) is 11.7 Å². The molecule has 2 aromatic carbocycles. The summed E-state index contributed by atoms with van der Waals surface area (Å²) in [6, 6.07) is 9.26. The molecule has 26 nitrogen and oxygen atoms in total. The van der Waals surface area contributed by atoms with Crippen LogP contribution in [0.2, 0.25) is 0 Å². The van der Waals surface area contributed by atoms with Crippen LogP contribution in [-0.2, 0) is 70.2 Å². The van der Waals surface area contributed by atoms with Gasteiger partial charge in [0.15, 0.2) is 23.0 Å². The van der Waals surface area contributed by atoms with Gasteiger partial charge in [0.1, 0.15) is 19.1 Å². The topological polar surface area (TPSA) is 291 Å². The summed E-state index contributed by atoms with van der Waals surface area (Å²) >= 11 is 4.11. The minimum atomic E-state index is -1.07. The Morgan fingerprint density at radius 2 is 0.914 bits per heavy atom. The van der Waals surface area contributed by atoms with E-state index in [0.717, 1.165) is 49.7 Å². The molecule has 2 aliphatic rings. The normalized spacial score (nSPS) is 13.7. The van der Waals surface area contributed by atoms with Gasteiger partial charge in [-0.25, -0.2) is 0 Å². The molecule has 0 aromatic heterocycles. The number of carbonyl (C=O) groups is 9. The number of nitrogens with one attached hydrogen (secondary N) is 2. The van der Waals surface area contributed by atoms with Gasteiger partial charge < -0.3 is 83.8 Å². The Bertz CT molecular complexity index is 2680. The molecule has 2 fully saturated rings.